The van der Waals surface area contributed by atoms with Crippen LogP contribution in [0, 0.1) is 28.6 Å². The fourth-order valence-electron chi connectivity index (χ4n) is 6.72. The minimum absolute atomic E-state index is 0.0230. The summed E-state index contributed by atoms with van der Waals surface area (Å²) < 4.78 is -0.171. The van der Waals surface area contributed by atoms with Crippen molar-refractivity contribution < 1.29 is 9.59 Å². The van der Waals surface area contributed by atoms with Crippen LogP contribution in [0.3, 0.4) is 0 Å². The molecule has 3 saturated carbocycles. The summed E-state index contributed by atoms with van der Waals surface area (Å²) in [5.74, 6) is 2.31. The molecule has 25 heavy (non-hydrogen) atoms. The molecule has 0 N–H and O–H groups in total. The molecule has 0 aromatic carbocycles. The third-order valence-corrected chi connectivity index (χ3v) is 11.5. The molecule has 138 valence electrons. The van der Waals surface area contributed by atoms with Gasteiger partial charge in [-0.05, 0) is 66.9 Å². The molecule has 0 bridgehead atoms. The third-order valence-electron chi connectivity index (χ3n) is 8.03. The SMILES string of the molecule is C[C@]12CC(Br)C(=O)C=C1C(Br)(CBr)C[C@@H]1[C@@H]2CC[C@]2(C)C(=O)CC[C@@H]12. The summed E-state index contributed by atoms with van der Waals surface area (Å²) in [6.45, 7) is 4.59. The number of ketones is 2. The van der Waals surface area contributed by atoms with Crippen molar-refractivity contribution in [3.8, 4) is 0 Å². The van der Waals surface area contributed by atoms with Gasteiger partial charge >= 0.3 is 0 Å². The van der Waals surface area contributed by atoms with Gasteiger partial charge < -0.3 is 0 Å². The molecule has 0 saturated heterocycles. The van der Waals surface area contributed by atoms with E-state index in [4.69, 9.17) is 0 Å². The second kappa shape index (κ2) is 6.01. The van der Waals surface area contributed by atoms with E-state index in [2.05, 4.69) is 61.6 Å². The summed E-state index contributed by atoms with van der Waals surface area (Å²) in [6.07, 6.45) is 7.75. The van der Waals surface area contributed by atoms with Crippen molar-refractivity contribution >= 4 is 59.4 Å². The molecule has 0 aromatic rings. The van der Waals surface area contributed by atoms with Crippen LogP contribution in [0.15, 0.2) is 11.6 Å². The van der Waals surface area contributed by atoms with Gasteiger partial charge in [-0.25, -0.2) is 0 Å². The van der Waals surface area contributed by atoms with Crippen LogP contribution < -0.4 is 0 Å². The van der Waals surface area contributed by atoms with Gasteiger partial charge in [0.25, 0.3) is 0 Å². The molecular formula is C20H25Br3O2. The van der Waals surface area contributed by atoms with E-state index in [9.17, 15) is 9.59 Å². The lowest BCUT2D eigenvalue weighted by Gasteiger charge is -2.61. The van der Waals surface area contributed by atoms with Gasteiger partial charge in [0.15, 0.2) is 5.78 Å². The Kier molecular flexibility index (Phi) is 4.53. The van der Waals surface area contributed by atoms with Gasteiger partial charge in [0, 0.05) is 17.2 Å². The van der Waals surface area contributed by atoms with E-state index in [1.807, 2.05) is 6.08 Å². The highest BCUT2D eigenvalue weighted by Crippen LogP contribution is 2.68. The van der Waals surface area contributed by atoms with E-state index in [0.29, 0.717) is 23.5 Å². The zero-order valence-corrected chi connectivity index (χ0v) is 19.5. The van der Waals surface area contributed by atoms with Gasteiger partial charge in [0.1, 0.15) is 5.78 Å². The molecule has 0 aliphatic heterocycles. The first kappa shape index (κ1) is 18.9. The maximum absolute atomic E-state index is 12.6. The van der Waals surface area contributed by atoms with Crippen molar-refractivity contribution in [3.63, 3.8) is 0 Å². The van der Waals surface area contributed by atoms with Crippen LogP contribution in [0.4, 0.5) is 0 Å². The minimum atomic E-state index is -0.171. The van der Waals surface area contributed by atoms with Gasteiger partial charge in [0.2, 0.25) is 0 Å². The van der Waals surface area contributed by atoms with Crippen LogP contribution in [0.1, 0.15) is 52.4 Å². The first-order valence-corrected chi connectivity index (χ1v) is 12.2. The maximum Gasteiger partial charge on any atom is 0.169 e. The molecule has 4 aliphatic carbocycles. The average molecular weight is 537 g/mol. The fraction of sp³-hybridized carbons (Fsp3) is 0.800. The molecule has 0 amide bonds. The number of hydrogen-bond donors (Lipinski definition) is 0. The molecule has 7 atom stereocenters. The molecule has 2 nitrogen and oxygen atoms in total. The van der Waals surface area contributed by atoms with Crippen LogP contribution >= 0.6 is 47.8 Å². The predicted molar refractivity (Wildman–Crippen MR) is 111 cm³/mol. The molecule has 4 aliphatic rings. The zero-order valence-electron chi connectivity index (χ0n) is 14.8. The number of alkyl halides is 3. The highest BCUT2D eigenvalue weighted by atomic mass is 79.9. The lowest BCUT2D eigenvalue weighted by Crippen LogP contribution is -2.58. The lowest BCUT2D eigenvalue weighted by atomic mass is 9.45. The first-order chi connectivity index (χ1) is 11.7. The normalized spacial score (nSPS) is 52.3. The molecule has 5 heteroatoms. The van der Waals surface area contributed by atoms with Gasteiger partial charge in [-0.3, -0.25) is 9.59 Å². The number of fused-ring (bicyclic) bond motifs is 5. The lowest BCUT2D eigenvalue weighted by molar-refractivity contribution is -0.132. The monoisotopic (exact) mass is 534 g/mol. The standard InChI is InChI=1S/C20H25Br3O2/c1-18-6-5-13-11(12(18)3-4-17(18)25)8-20(23,10-21)16-7-15(24)14(22)9-19(13,16)2/h7,11-14H,3-6,8-10H2,1-2H3/t11-,12-,13-,14?,18-,19+,20?/m0/s1. The third kappa shape index (κ3) is 2.50. The number of Topliss-reactive ketones (excluding diaryl/α,β-unsaturated/α-hetero) is 1. The Labute approximate surface area is 175 Å². The van der Waals surface area contributed by atoms with Crippen molar-refractivity contribution in [2.24, 2.45) is 28.6 Å². The molecule has 3 fully saturated rings. The summed E-state index contributed by atoms with van der Waals surface area (Å²) in [7, 11) is 0. The van der Waals surface area contributed by atoms with Crippen LogP contribution in [0.25, 0.3) is 0 Å². The Morgan fingerprint density at radius 3 is 2.48 bits per heavy atom. The maximum atomic E-state index is 12.6. The largest absolute Gasteiger partial charge is 0.299 e. The van der Waals surface area contributed by atoms with Crippen LogP contribution in [-0.4, -0.2) is 26.0 Å². The minimum Gasteiger partial charge on any atom is -0.299 e. The van der Waals surface area contributed by atoms with Gasteiger partial charge in [0.05, 0.1) is 9.15 Å². The van der Waals surface area contributed by atoms with Gasteiger partial charge in [-0.2, -0.15) is 0 Å². The summed E-state index contributed by atoms with van der Waals surface area (Å²) in [5, 5.41) is 0.808. The second-order valence-corrected chi connectivity index (χ2v) is 12.3. The van der Waals surface area contributed by atoms with Crippen LogP contribution in [-0.2, 0) is 9.59 Å². The van der Waals surface area contributed by atoms with Gasteiger partial charge in [-0.15, -0.1) is 0 Å². The molecule has 0 heterocycles. The number of carbonyl (C=O) groups excluding carboxylic acids is 2. The molecule has 0 spiro atoms. The molecular weight excluding hydrogens is 512 g/mol. The first-order valence-electron chi connectivity index (χ1n) is 9.34. The Bertz CT molecular complexity index is 674. The molecule has 0 radical (unpaired) electrons. The Balaban J connectivity index is 1.82. The van der Waals surface area contributed by atoms with E-state index < -0.39 is 0 Å². The average Bonchev–Trinajstić information content (AvgIpc) is 2.86. The Hall–Kier alpha value is 0.520. The Morgan fingerprint density at radius 2 is 1.80 bits per heavy atom. The topological polar surface area (TPSA) is 34.1 Å². The number of hydrogen-bond acceptors (Lipinski definition) is 2. The number of halogens is 3. The van der Waals surface area contributed by atoms with E-state index in [1.54, 1.807) is 0 Å². The van der Waals surface area contributed by atoms with E-state index in [1.165, 1.54) is 5.57 Å². The number of allylic oxidation sites excluding steroid dienone is 1. The van der Waals surface area contributed by atoms with Gasteiger partial charge in [-0.1, -0.05) is 61.6 Å². The molecule has 0 aromatic heterocycles. The van der Waals surface area contributed by atoms with Crippen molar-refractivity contribution in [3.05, 3.63) is 11.6 Å². The van der Waals surface area contributed by atoms with Crippen LogP contribution in [0.2, 0.25) is 0 Å². The van der Waals surface area contributed by atoms with E-state index in [0.717, 1.165) is 43.9 Å². The molecule has 2 unspecified atom stereocenters. The predicted octanol–water partition coefficient (Wildman–Crippen LogP) is 5.60. The van der Waals surface area contributed by atoms with E-state index in [-0.39, 0.29) is 25.8 Å². The summed E-state index contributed by atoms with van der Waals surface area (Å²) in [6, 6.07) is 0. The smallest absolute Gasteiger partial charge is 0.169 e. The summed E-state index contributed by atoms with van der Waals surface area (Å²) in [4.78, 5) is 25.0. The molecule has 4 rings (SSSR count). The van der Waals surface area contributed by atoms with Crippen molar-refractivity contribution in [2.45, 2.75) is 61.5 Å². The number of carbonyl (C=O) groups is 2. The zero-order chi connectivity index (χ0) is 18.2. The van der Waals surface area contributed by atoms with E-state index >= 15 is 0 Å². The fourth-order valence-corrected chi connectivity index (χ4v) is 8.99. The summed E-state index contributed by atoms with van der Waals surface area (Å²) >= 11 is 11.4. The van der Waals surface area contributed by atoms with Crippen LogP contribution in [0.5, 0.6) is 0 Å². The van der Waals surface area contributed by atoms with Crippen molar-refractivity contribution in [1.29, 1.82) is 0 Å². The quantitative estimate of drug-likeness (QED) is 0.409. The Morgan fingerprint density at radius 1 is 1.12 bits per heavy atom. The summed E-state index contributed by atoms with van der Waals surface area (Å²) in [5.41, 5.74) is 1.19. The van der Waals surface area contributed by atoms with Crippen molar-refractivity contribution in [2.75, 3.05) is 5.33 Å². The second-order valence-electron chi connectivity index (χ2n) is 9.15. The number of rotatable bonds is 1. The highest BCUT2D eigenvalue weighted by molar-refractivity contribution is 9.12. The highest BCUT2D eigenvalue weighted by Gasteiger charge is 2.63. The van der Waals surface area contributed by atoms with Crippen molar-refractivity contribution in [1.82, 2.24) is 0 Å².